The molecule has 0 fully saturated rings. The molecule has 0 saturated carbocycles. The fourth-order valence-electron chi connectivity index (χ4n) is 2.45. The third-order valence-electron chi connectivity index (χ3n) is 3.68. The topological polar surface area (TPSA) is 29.3 Å². The van der Waals surface area contributed by atoms with E-state index in [0.717, 1.165) is 19.5 Å². The van der Waals surface area contributed by atoms with Crippen LogP contribution in [0.15, 0.2) is 36.4 Å². The molecule has 0 radical (unpaired) electrons. The predicted octanol–water partition coefficient (Wildman–Crippen LogP) is 2.90. The number of hydrogen-bond acceptors (Lipinski definition) is 2. The maximum atomic E-state index is 5.82. The van der Waals surface area contributed by atoms with Crippen LogP contribution in [0.25, 0.3) is 0 Å². The van der Waals surface area contributed by atoms with Crippen molar-refractivity contribution < 1.29 is 0 Å². The molecule has 1 atom stereocenters. The van der Waals surface area contributed by atoms with Gasteiger partial charge in [-0.3, -0.25) is 4.90 Å². The second-order valence-corrected chi connectivity index (χ2v) is 5.39. The normalized spacial score (nSPS) is 20.6. The first kappa shape index (κ1) is 13.3. The fourth-order valence-corrected chi connectivity index (χ4v) is 2.45. The van der Waals surface area contributed by atoms with E-state index in [4.69, 9.17) is 5.73 Å². The summed E-state index contributed by atoms with van der Waals surface area (Å²) in [5, 5.41) is 0. The third kappa shape index (κ3) is 3.21. The molecule has 0 bridgehead atoms. The van der Waals surface area contributed by atoms with Gasteiger partial charge in [0.1, 0.15) is 0 Å². The van der Waals surface area contributed by atoms with Gasteiger partial charge in [0, 0.05) is 25.7 Å². The van der Waals surface area contributed by atoms with E-state index in [-0.39, 0.29) is 0 Å². The molecule has 2 nitrogen and oxygen atoms in total. The van der Waals surface area contributed by atoms with Crippen molar-refractivity contribution in [3.05, 3.63) is 47.5 Å². The Morgan fingerprint density at radius 3 is 2.61 bits per heavy atom. The lowest BCUT2D eigenvalue weighted by atomic mass is 10.0. The van der Waals surface area contributed by atoms with Gasteiger partial charge in [0.2, 0.25) is 0 Å². The van der Waals surface area contributed by atoms with Gasteiger partial charge in [0.15, 0.2) is 0 Å². The second kappa shape index (κ2) is 6.17. The number of nitrogens with two attached hydrogens (primary N) is 1. The minimum Gasteiger partial charge on any atom is -0.329 e. The van der Waals surface area contributed by atoms with Crippen molar-refractivity contribution in [1.29, 1.82) is 0 Å². The molecule has 2 N–H and O–H groups in total. The molecular formula is C16H24N2. The summed E-state index contributed by atoms with van der Waals surface area (Å²) < 4.78 is 0. The summed E-state index contributed by atoms with van der Waals surface area (Å²) >= 11 is 0. The van der Waals surface area contributed by atoms with E-state index < -0.39 is 0 Å². The van der Waals surface area contributed by atoms with E-state index in [2.05, 4.69) is 55.2 Å². The molecule has 98 valence electrons. The Morgan fingerprint density at radius 2 is 2.00 bits per heavy atom. The molecule has 0 amide bonds. The summed E-state index contributed by atoms with van der Waals surface area (Å²) in [6, 6.07) is 9.40. The van der Waals surface area contributed by atoms with Crippen LogP contribution in [0.3, 0.4) is 0 Å². The minimum absolute atomic E-state index is 0.406. The van der Waals surface area contributed by atoms with Crippen LogP contribution in [0.2, 0.25) is 0 Å². The molecule has 1 aromatic carbocycles. The minimum atomic E-state index is 0.406. The molecule has 0 aromatic heterocycles. The largest absolute Gasteiger partial charge is 0.329 e. The molecule has 0 aliphatic carbocycles. The Bertz CT molecular complexity index is 392. The highest BCUT2D eigenvalue weighted by Crippen LogP contribution is 2.18. The standard InChI is InChI=1S/C16H24N2/c1-13(2)15-8-6-14(7-9-15)12-18-10-4-3-5-16(18)11-17/h3,5-9,13,16H,4,10-12,17H2,1-2H3. The van der Waals surface area contributed by atoms with Crippen LogP contribution in [0.1, 0.15) is 37.3 Å². The monoisotopic (exact) mass is 244 g/mol. The number of hydrogen-bond donors (Lipinski definition) is 1. The van der Waals surface area contributed by atoms with E-state index in [9.17, 15) is 0 Å². The molecule has 1 aliphatic heterocycles. The van der Waals surface area contributed by atoms with E-state index >= 15 is 0 Å². The lowest BCUT2D eigenvalue weighted by molar-refractivity contribution is 0.218. The first-order valence-electron chi connectivity index (χ1n) is 6.90. The molecule has 1 heterocycles. The average molecular weight is 244 g/mol. The summed E-state index contributed by atoms with van der Waals surface area (Å²) in [6.45, 7) is 7.29. The molecule has 2 rings (SSSR count). The summed E-state index contributed by atoms with van der Waals surface area (Å²) in [6.07, 6.45) is 5.63. The van der Waals surface area contributed by atoms with Crippen molar-refractivity contribution in [3.63, 3.8) is 0 Å². The van der Waals surface area contributed by atoms with Gasteiger partial charge < -0.3 is 5.73 Å². The number of nitrogens with zero attached hydrogens (tertiary/aromatic N) is 1. The second-order valence-electron chi connectivity index (χ2n) is 5.39. The average Bonchev–Trinajstić information content (AvgIpc) is 2.40. The van der Waals surface area contributed by atoms with E-state index in [1.807, 2.05) is 0 Å². The Labute approximate surface area is 110 Å². The van der Waals surface area contributed by atoms with Gasteiger partial charge in [0.25, 0.3) is 0 Å². The highest BCUT2D eigenvalue weighted by molar-refractivity contribution is 5.25. The zero-order valence-corrected chi connectivity index (χ0v) is 11.5. The summed E-state index contributed by atoms with van der Waals surface area (Å²) in [5.74, 6) is 0.605. The quantitative estimate of drug-likeness (QED) is 0.825. The smallest absolute Gasteiger partial charge is 0.0404 e. The van der Waals surface area contributed by atoms with Crippen LogP contribution in [-0.2, 0) is 6.54 Å². The van der Waals surface area contributed by atoms with Crippen LogP contribution >= 0.6 is 0 Å². The number of rotatable bonds is 4. The molecule has 1 unspecified atom stereocenters. The van der Waals surface area contributed by atoms with Crippen LogP contribution in [0, 0.1) is 0 Å². The SMILES string of the molecule is CC(C)c1ccc(CN2CCC=CC2CN)cc1. The van der Waals surface area contributed by atoms with Crippen molar-refractivity contribution >= 4 is 0 Å². The maximum absolute atomic E-state index is 5.82. The molecule has 18 heavy (non-hydrogen) atoms. The van der Waals surface area contributed by atoms with Gasteiger partial charge in [-0.15, -0.1) is 0 Å². The Morgan fingerprint density at radius 1 is 1.28 bits per heavy atom. The zero-order chi connectivity index (χ0) is 13.0. The summed E-state index contributed by atoms with van der Waals surface area (Å²) in [4.78, 5) is 2.46. The van der Waals surface area contributed by atoms with Crippen molar-refractivity contribution in [2.75, 3.05) is 13.1 Å². The maximum Gasteiger partial charge on any atom is 0.0404 e. The van der Waals surface area contributed by atoms with Crippen molar-refractivity contribution in [1.82, 2.24) is 4.90 Å². The van der Waals surface area contributed by atoms with Crippen molar-refractivity contribution in [2.24, 2.45) is 5.73 Å². The molecule has 2 heteroatoms. The molecule has 1 aromatic rings. The van der Waals surface area contributed by atoms with Gasteiger partial charge in [-0.1, -0.05) is 50.3 Å². The van der Waals surface area contributed by atoms with Crippen LogP contribution in [0.5, 0.6) is 0 Å². The van der Waals surface area contributed by atoms with Crippen LogP contribution in [0.4, 0.5) is 0 Å². The van der Waals surface area contributed by atoms with Gasteiger partial charge >= 0.3 is 0 Å². The van der Waals surface area contributed by atoms with E-state index in [1.165, 1.54) is 11.1 Å². The van der Waals surface area contributed by atoms with Crippen molar-refractivity contribution in [2.45, 2.75) is 38.8 Å². The van der Waals surface area contributed by atoms with Gasteiger partial charge in [-0.25, -0.2) is 0 Å². The molecule has 1 aliphatic rings. The van der Waals surface area contributed by atoms with E-state index in [1.54, 1.807) is 0 Å². The molecule has 0 spiro atoms. The van der Waals surface area contributed by atoms with Crippen molar-refractivity contribution in [3.8, 4) is 0 Å². The Kier molecular flexibility index (Phi) is 4.56. The first-order valence-corrected chi connectivity index (χ1v) is 6.90. The van der Waals surface area contributed by atoms with Crippen LogP contribution in [-0.4, -0.2) is 24.0 Å². The highest BCUT2D eigenvalue weighted by Gasteiger charge is 2.16. The lowest BCUT2D eigenvalue weighted by Gasteiger charge is -2.31. The predicted molar refractivity (Wildman–Crippen MR) is 77.5 cm³/mol. The van der Waals surface area contributed by atoms with Crippen LogP contribution < -0.4 is 5.73 Å². The molecular weight excluding hydrogens is 220 g/mol. The first-order chi connectivity index (χ1) is 8.70. The number of benzene rings is 1. The third-order valence-corrected chi connectivity index (χ3v) is 3.68. The lowest BCUT2D eigenvalue weighted by Crippen LogP contribution is -2.41. The van der Waals surface area contributed by atoms with E-state index in [0.29, 0.717) is 18.5 Å². The Hall–Kier alpha value is -1.12. The fraction of sp³-hybridized carbons (Fsp3) is 0.500. The van der Waals surface area contributed by atoms with Gasteiger partial charge in [0.05, 0.1) is 0 Å². The van der Waals surface area contributed by atoms with Gasteiger partial charge in [-0.05, 0) is 23.5 Å². The highest BCUT2D eigenvalue weighted by atomic mass is 15.2. The summed E-state index contributed by atoms with van der Waals surface area (Å²) in [5.41, 5.74) is 8.61. The summed E-state index contributed by atoms with van der Waals surface area (Å²) in [7, 11) is 0. The zero-order valence-electron chi connectivity index (χ0n) is 11.5. The Balaban J connectivity index is 2.02. The molecule has 0 saturated heterocycles. The van der Waals surface area contributed by atoms with Gasteiger partial charge in [-0.2, -0.15) is 0 Å².